The van der Waals surface area contributed by atoms with Crippen LogP contribution in [0.4, 0.5) is 0 Å². The second-order valence-electron chi connectivity index (χ2n) is 5.41. The van der Waals surface area contributed by atoms with Gasteiger partial charge in [0.25, 0.3) is 5.91 Å². The van der Waals surface area contributed by atoms with Crippen molar-refractivity contribution in [2.75, 3.05) is 0 Å². The van der Waals surface area contributed by atoms with E-state index in [2.05, 4.69) is 21.2 Å². The van der Waals surface area contributed by atoms with E-state index in [0.29, 0.717) is 6.42 Å². The standard InChI is InChI=1S/C16H15BrN2O/c1-16(2)9-12(14(10-18)15(20)19-16)6-3-11-4-7-13(17)8-5-11/h3-8H,9H2,1-2H3,(H,19,20)/b6-3+. The first-order valence-corrected chi connectivity index (χ1v) is 7.10. The summed E-state index contributed by atoms with van der Waals surface area (Å²) in [4.78, 5) is 11.9. The highest BCUT2D eigenvalue weighted by Crippen LogP contribution is 2.26. The van der Waals surface area contributed by atoms with E-state index >= 15 is 0 Å². The second-order valence-corrected chi connectivity index (χ2v) is 6.33. The summed E-state index contributed by atoms with van der Waals surface area (Å²) in [5.41, 5.74) is 1.69. The van der Waals surface area contributed by atoms with E-state index in [1.54, 1.807) is 0 Å². The Morgan fingerprint density at radius 2 is 1.95 bits per heavy atom. The average Bonchev–Trinajstić information content (AvgIpc) is 2.36. The Balaban J connectivity index is 2.32. The predicted molar refractivity (Wildman–Crippen MR) is 82.7 cm³/mol. The summed E-state index contributed by atoms with van der Waals surface area (Å²) in [6.45, 7) is 3.90. The Labute approximate surface area is 127 Å². The van der Waals surface area contributed by atoms with E-state index in [-0.39, 0.29) is 17.0 Å². The van der Waals surface area contributed by atoms with Gasteiger partial charge < -0.3 is 5.32 Å². The molecule has 0 aromatic heterocycles. The molecule has 0 aliphatic carbocycles. The maximum absolute atomic E-state index is 11.9. The Morgan fingerprint density at radius 3 is 2.55 bits per heavy atom. The van der Waals surface area contributed by atoms with Gasteiger partial charge in [-0.15, -0.1) is 0 Å². The molecule has 1 aromatic rings. The first kappa shape index (κ1) is 14.5. The molecule has 1 aliphatic rings. The number of benzene rings is 1. The molecule has 102 valence electrons. The molecule has 0 atom stereocenters. The summed E-state index contributed by atoms with van der Waals surface area (Å²) in [6.07, 6.45) is 4.44. The Hall–Kier alpha value is -1.86. The number of nitrogens with one attached hydrogen (secondary N) is 1. The highest BCUT2D eigenvalue weighted by atomic mass is 79.9. The molecule has 0 bridgehead atoms. The molecule has 4 heteroatoms. The van der Waals surface area contributed by atoms with Crippen LogP contribution in [0.15, 0.2) is 46.0 Å². The number of nitrogens with zero attached hydrogens (tertiary/aromatic N) is 1. The summed E-state index contributed by atoms with van der Waals surface area (Å²) in [5.74, 6) is -0.292. The first-order chi connectivity index (χ1) is 9.41. The molecular formula is C16H15BrN2O. The fraction of sp³-hybridized carbons (Fsp3) is 0.250. The van der Waals surface area contributed by atoms with E-state index in [0.717, 1.165) is 15.6 Å². The molecular weight excluding hydrogens is 316 g/mol. The number of carbonyl (C=O) groups excluding carboxylic acids is 1. The maximum Gasteiger partial charge on any atom is 0.262 e. The number of allylic oxidation sites excluding steroid dienone is 1. The minimum Gasteiger partial charge on any atom is -0.346 e. The number of carbonyl (C=O) groups is 1. The zero-order chi connectivity index (χ0) is 14.8. The van der Waals surface area contributed by atoms with Gasteiger partial charge in [-0.05, 0) is 43.5 Å². The van der Waals surface area contributed by atoms with Crippen LogP contribution in [0.25, 0.3) is 6.08 Å². The summed E-state index contributed by atoms with van der Waals surface area (Å²) in [5, 5.41) is 12.0. The molecule has 20 heavy (non-hydrogen) atoms. The summed E-state index contributed by atoms with van der Waals surface area (Å²) in [7, 11) is 0. The van der Waals surface area contributed by atoms with E-state index in [1.807, 2.05) is 56.3 Å². The van der Waals surface area contributed by atoms with Crippen molar-refractivity contribution in [2.45, 2.75) is 25.8 Å². The average molecular weight is 331 g/mol. The van der Waals surface area contributed by atoms with Gasteiger partial charge in [-0.2, -0.15) is 5.26 Å². The van der Waals surface area contributed by atoms with Crippen molar-refractivity contribution in [1.82, 2.24) is 5.32 Å². The maximum atomic E-state index is 11.9. The topological polar surface area (TPSA) is 52.9 Å². The second kappa shape index (κ2) is 5.64. The summed E-state index contributed by atoms with van der Waals surface area (Å²) in [6, 6.07) is 9.85. The van der Waals surface area contributed by atoms with Crippen LogP contribution in [0.3, 0.4) is 0 Å². The van der Waals surface area contributed by atoms with Gasteiger partial charge in [0.2, 0.25) is 0 Å². The van der Waals surface area contributed by atoms with Gasteiger partial charge in [-0.3, -0.25) is 4.79 Å². The number of rotatable bonds is 2. The first-order valence-electron chi connectivity index (χ1n) is 6.31. The quantitative estimate of drug-likeness (QED) is 0.900. The van der Waals surface area contributed by atoms with E-state index in [9.17, 15) is 4.79 Å². The van der Waals surface area contributed by atoms with Gasteiger partial charge in [0, 0.05) is 10.0 Å². The zero-order valence-electron chi connectivity index (χ0n) is 11.4. The summed E-state index contributed by atoms with van der Waals surface area (Å²) >= 11 is 3.39. The monoisotopic (exact) mass is 330 g/mol. The Bertz CT molecular complexity index is 633. The lowest BCUT2D eigenvalue weighted by atomic mass is 9.87. The number of nitriles is 1. The van der Waals surface area contributed by atoms with Crippen LogP contribution in [-0.2, 0) is 4.79 Å². The summed E-state index contributed by atoms with van der Waals surface area (Å²) < 4.78 is 1.02. The molecule has 0 fully saturated rings. The van der Waals surface area contributed by atoms with Crippen molar-refractivity contribution in [3.05, 3.63) is 51.5 Å². The minimum atomic E-state index is -0.323. The highest BCUT2D eigenvalue weighted by Gasteiger charge is 2.30. The van der Waals surface area contributed by atoms with Gasteiger partial charge in [0.05, 0.1) is 0 Å². The third-order valence-corrected chi connectivity index (χ3v) is 3.62. The van der Waals surface area contributed by atoms with Crippen molar-refractivity contribution in [3.63, 3.8) is 0 Å². The van der Waals surface area contributed by atoms with Crippen LogP contribution in [0.5, 0.6) is 0 Å². The number of halogens is 1. The molecule has 0 radical (unpaired) electrons. The van der Waals surface area contributed by atoms with Crippen LogP contribution in [-0.4, -0.2) is 11.4 Å². The smallest absolute Gasteiger partial charge is 0.262 e. The molecule has 2 rings (SSSR count). The van der Waals surface area contributed by atoms with Gasteiger partial charge in [0.15, 0.2) is 0 Å². The molecule has 3 nitrogen and oxygen atoms in total. The highest BCUT2D eigenvalue weighted by molar-refractivity contribution is 9.10. The fourth-order valence-electron chi connectivity index (χ4n) is 2.16. The normalized spacial score (nSPS) is 18.0. The molecule has 0 saturated carbocycles. The van der Waals surface area contributed by atoms with Gasteiger partial charge in [-0.1, -0.05) is 40.2 Å². The lowest BCUT2D eigenvalue weighted by Gasteiger charge is -2.31. The molecule has 0 unspecified atom stereocenters. The molecule has 1 N–H and O–H groups in total. The van der Waals surface area contributed by atoms with Crippen LogP contribution in [0.2, 0.25) is 0 Å². The third kappa shape index (κ3) is 3.37. The number of hydrogen-bond donors (Lipinski definition) is 1. The van der Waals surface area contributed by atoms with Crippen LogP contribution in [0.1, 0.15) is 25.8 Å². The molecule has 1 heterocycles. The third-order valence-electron chi connectivity index (χ3n) is 3.09. The van der Waals surface area contributed by atoms with Crippen LogP contribution in [0, 0.1) is 11.3 Å². The number of amides is 1. The fourth-order valence-corrected chi connectivity index (χ4v) is 2.42. The van der Waals surface area contributed by atoms with Crippen molar-refractivity contribution in [3.8, 4) is 6.07 Å². The van der Waals surface area contributed by atoms with E-state index in [1.165, 1.54) is 0 Å². The van der Waals surface area contributed by atoms with Crippen LogP contribution < -0.4 is 5.32 Å². The lowest BCUT2D eigenvalue weighted by molar-refractivity contribution is -0.119. The van der Waals surface area contributed by atoms with Crippen molar-refractivity contribution in [1.29, 1.82) is 5.26 Å². The molecule has 1 aromatic carbocycles. The van der Waals surface area contributed by atoms with Gasteiger partial charge >= 0.3 is 0 Å². The zero-order valence-corrected chi connectivity index (χ0v) is 13.0. The Morgan fingerprint density at radius 1 is 1.30 bits per heavy atom. The molecule has 0 saturated heterocycles. The van der Waals surface area contributed by atoms with Crippen molar-refractivity contribution >= 4 is 27.9 Å². The van der Waals surface area contributed by atoms with Crippen molar-refractivity contribution < 1.29 is 4.79 Å². The molecule has 1 aliphatic heterocycles. The van der Waals surface area contributed by atoms with E-state index < -0.39 is 0 Å². The largest absolute Gasteiger partial charge is 0.346 e. The molecule has 0 spiro atoms. The van der Waals surface area contributed by atoms with Gasteiger partial charge in [-0.25, -0.2) is 0 Å². The van der Waals surface area contributed by atoms with Crippen LogP contribution >= 0.6 is 15.9 Å². The molecule has 1 amide bonds. The minimum absolute atomic E-state index is 0.206. The SMILES string of the molecule is CC1(C)CC(/C=C/c2ccc(Br)cc2)=C(C#N)C(=O)N1. The van der Waals surface area contributed by atoms with Crippen molar-refractivity contribution in [2.24, 2.45) is 0 Å². The number of hydrogen-bond acceptors (Lipinski definition) is 2. The Kier molecular flexibility index (Phi) is 4.10. The lowest BCUT2D eigenvalue weighted by Crippen LogP contribution is -2.47. The van der Waals surface area contributed by atoms with Gasteiger partial charge in [0.1, 0.15) is 11.6 Å². The predicted octanol–water partition coefficient (Wildman–Crippen LogP) is 3.58. The van der Waals surface area contributed by atoms with E-state index in [4.69, 9.17) is 5.26 Å².